The van der Waals surface area contributed by atoms with Crippen molar-refractivity contribution in [1.29, 1.82) is 0 Å². The predicted molar refractivity (Wildman–Crippen MR) is 112 cm³/mol. The van der Waals surface area contributed by atoms with Crippen LogP contribution >= 0.6 is 0 Å². The number of amides is 1. The highest BCUT2D eigenvalue weighted by Crippen LogP contribution is 2.52. The molecule has 2 bridgehead atoms. The molecule has 1 amide bonds. The van der Waals surface area contributed by atoms with Crippen LogP contribution in [0.5, 0.6) is 0 Å². The van der Waals surface area contributed by atoms with Crippen molar-refractivity contribution in [3.63, 3.8) is 0 Å². The number of fused-ring (bicyclic) bond motifs is 3. The Morgan fingerprint density at radius 2 is 1.90 bits per heavy atom. The summed E-state index contributed by atoms with van der Waals surface area (Å²) in [6, 6.07) is 4.28. The van der Waals surface area contributed by atoms with Gasteiger partial charge in [-0.2, -0.15) is 0 Å². The summed E-state index contributed by atoms with van der Waals surface area (Å²) in [4.78, 5) is 27.1. The van der Waals surface area contributed by atoms with E-state index in [1.54, 1.807) is 6.26 Å². The molecule has 1 aliphatic heterocycles. The summed E-state index contributed by atoms with van der Waals surface area (Å²) < 4.78 is 10.9. The molecule has 5 nitrogen and oxygen atoms in total. The average molecular weight is 398 g/mol. The molecule has 29 heavy (non-hydrogen) atoms. The molecule has 2 aromatic rings. The van der Waals surface area contributed by atoms with Crippen LogP contribution in [0.3, 0.4) is 0 Å². The molecule has 0 unspecified atom stereocenters. The lowest BCUT2D eigenvalue weighted by atomic mass is 9.65. The van der Waals surface area contributed by atoms with E-state index in [1.165, 1.54) is 0 Å². The molecule has 1 saturated carbocycles. The van der Waals surface area contributed by atoms with Crippen molar-refractivity contribution in [2.45, 2.75) is 66.3 Å². The van der Waals surface area contributed by atoms with Crippen LogP contribution < -0.4 is 0 Å². The minimum atomic E-state index is -0.395. The summed E-state index contributed by atoms with van der Waals surface area (Å²) in [6.07, 6.45) is 4.92. The van der Waals surface area contributed by atoms with E-state index in [9.17, 15) is 9.59 Å². The van der Waals surface area contributed by atoms with E-state index in [2.05, 4.69) is 20.8 Å². The Bertz CT molecular complexity index is 973. The first kappa shape index (κ1) is 20.0. The van der Waals surface area contributed by atoms with E-state index in [-0.39, 0.29) is 35.8 Å². The Kier molecular flexibility index (Phi) is 4.75. The second-order valence-electron chi connectivity index (χ2n) is 10.3. The van der Waals surface area contributed by atoms with Gasteiger partial charge in [0.05, 0.1) is 12.7 Å². The molecular weight excluding hydrogens is 366 g/mol. The number of ether oxygens (including phenoxy) is 1. The molecule has 2 aliphatic rings. The molecule has 1 aromatic carbocycles. The van der Waals surface area contributed by atoms with Gasteiger partial charge in [-0.15, -0.1) is 0 Å². The summed E-state index contributed by atoms with van der Waals surface area (Å²) in [5.74, 6) is -0.471. The van der Waals surface area contributed by atoms with E-state index in [0.29, 0.717) is 0 Å². The third-order valence-electron chi connectivity index (χ3n) is 6.70. The van der Waals surface area contributed by atoms with Crippen molar-refractivity contribution in [3.05, 3.63) is 35.1 Å². The number of aryl methyl sites for hydroxylation is 2. The number of nitrogens with zero attached hydrogens (tertiary/aromatic N) is 1. The van der Waals surface area contributed by atoms with E-state index in [1.807, 2.05) is 30.9 Å². The van der Waals surface area contributed by atoms with Gasteiger partial charge in [-0.05, 0) is 67.2 Å². The molecule has 156 valence electrons. The Morgan fingerprint density at radius 1 is 1.17 bits per heavy atom. The second-order valence-corrected chi connectivity index (χ2v) is 10.3. The van der Waals surface area contributed by atoms with Gasteiger partial charge >= 0.3 is 5.97 Å². The smallest absolute Gasteiger partial charge is 0.310 e. The summed E-state index contributed by atoms with van der Waals surface area (Å²) >= 11 is 0. The third kappa shape index (κ3) is 3.92. The first-order valence-electron chi connectivity index (χ1n) is 10.5. The van der Waals surface area contributed by atoms with Crippen molar-refractivity contribution in [1.82, 2.24) is 4.90 Å². The quantitative estimate of drug-likeness (QED) is 0.710. The summed E-state index contributed by atoms with van der Waals surface area (Å²) in [6.45, 7) is 11.5. The van der Waals surface area contributed by atoms with Gasteiger partial charge in [0.15, 0.2) is 6.61 Å². The SMILES string of the molecule is Cc1cc2occ(CC(=O)OCC(=O)N3C[C@@]4(C)C[C@@H]3CC(C)(C)C4)c2cc1C. The third-order valence-corrected chi connectivity index (χ3v) is 6.70. The van der Waals surface area contributed by atoms with Crippen LogP contribution in [-0.4, -0.2) is 36.0 Å². The van der Waals surface area contributed by atoms with Gasteiger partial charge in [-0.1, -0.05) is 20.8 Å². The van der Waals surface area contributed by atoms with Crippen LogP contribution in [0.25, 0.3) is 11.0 Å². The number of rotatable bonds is 4. The van der Waals surface area contributed by atoms with Crippen molar-refractivity contribution in [2.75, 3.05) is 13.2 Å². The van der Waals surface area contributed by atoms with Gasteiger partial charge in [0, 0.05) is 23.5 Å². The van der Waals surface area contributed by atoms with Crippen LogP contribution in [0.1, 0.15) is 56.7 Å². The number of esters is 1. The standard InChI is InChI=1S/C24H31NO4/c1-15-6-19-17(11-28-20(19)7-16(15)2)8-22(27)29-12-21(26)25-14-24(5)10-18(25)9-23(3,4)13-24/h6-7,11,18H,8-10,12-14H2,1-5H3/t18-,24-/m0/s1. The maximum Gasteiger partial charge on any atom is 0.310 e. The van der Waals surface area contributed by atoms with Crippen LogP contribution in [-0.2, 0) is 20.7 Å². The maximum atomic E-state index is 12.8. The Balaban J connectivity index is 1.37. The van der Waals surface area contributed by atoms with Gasteiger partial charge in [0.25, 0.3) is 5.91 Å². The zero-order valence-electron chi connectivity index (χ0n) is 18.1. The van der Waals surface area contributed by atoms with Crippen LogP contribution in [0, 0.1) is 24.7 Å². The normalized spacial score (nSPS) is 25.4. The van der Waals surface area contributed by atoms with E-state index in [4.69, 9.17) is 9.15 Å². The number of hydrogen-bond acceptors (Lipinski definition) is 4. The van der Waals surface area contributed by atoms with Gasteiger partial charge in [0.1, 0.15) is 5.58 Å². The fourth-order valence-corrected chi connectivity index (χ4v) is 5.66. The van der Waals surface area contributed by atoms with Crippen molar-refractivity contribution >= 4 is 22.8 Å². The highest BCUT2D eigenvalue weighted by atomic mass is 16.5. The number of likely N-dealkylation sites (tertiary alicyclic amines) is 1. The molecule has 2 fully saturated rings. The van der Waals surface area contributed by atoms with Gasteiger partial charge in [-0.25, -0.2) is 0 Å². The number of carbonyl (C=O) groups excluding carboxylic acids is 2. The topological polar surface area (TPSA) is 59.8 Å². The number of furan rings is 1. The van der Waals surface area contributed by atoms with Crippen LogP contribution in [0.15, 0.2) is 22.8 Å². The lowest BCUT2D eigenvalue weighted by Gasteiger charge is -2.39. The van der Waals surface area contributed by atoms with Crippen molar-refractivity contribution in [2.24, 2.45) is 10.8 Å². The summed E-state index contributed by atoms with van der Waals surface area (Å²) in [5.41, 5.74) is 4.30. The number of carbonyl (C=O) groups is 2. The molecule has 2 heterocycles. The minimum Gasteiger partial charge on any atom is -0.464 e. The van der Waals surface area contributed by atoms with E-state index in [0.717, 1.165) is 53.5 Å². The molecule has 4 rings (SSSR count). The Labute approximate surface area is 172 Å². The fraction of sp³-hybridized carbons (Fsp3) is 0.583. The molecule has 1 aliphatic carbocycles. The highest BCUT2D eigenvalue weighted by molar-refractivity contribution is 5.88. The molecule has 2 atom stereocenters. The fourth-order valence-electron chi connectivity index (χ4n) is 5.66. The molecule has 5 heteroatoms. The van der Waals surface area contributed by atoms with Gasteiger partial charge in [-0.3, -0.25) is 9.59 Å². The zero-order valence-corrected chi connectivity index (χ0v) is 18.1. The lowest BCUT2D eigenvalue weighted by Crippen LogP contribution is -2.39. The first-order chi connectivity index (χ1) is 13.6. The molecule has 0 spiro atoms. The number of hydrogen-bond donors (Lipinski definition) is 0. The van der Waals surface area contributed by atoms with E-state index >= 15 is 0 Å². The number of benzene rings is 1. The molecular formula is C24H31NO4. The second kappa shape index (κ2) is 6.89. The lowest BCUT2D eigenvalue weighted by molar-refractivity contribution is -0.152. The highest BCUT2D eigenvalue weighted by Gasteiger charge is 2.50. The largest absolute Gasteiger partial charge is 0.464 e. The van der Waals surface area contributed by atoms with Crippen LogP contribution in [0.4, 0.5) is 0 Å². The van der Waals surface area contributed by atoms with Crippen LogP contribution in [0.2, 0.25) is 0 Å². The molecule has 1 saturated heterocycles. The zero-order chi connectivity index (χ0) is 21.0. The Hall–Kier alpha value is -2.30. The Morgan fingerprint density at radius 3 is 2.66 bits per heavy atom. The first-order valence-corrected chi connectivity index (χ1v) is 10.5. The minimum absolute atomic E-state index is 0.0757. The monoisotopic (exact) mass is 397 g/mol. The predicted octanol–water partition coefficient (Wildman–Crippen LogP) is 4.56. The maximum absolute atomic E-state index is 12.8. The van der Waals surface area contributed by atoms with Crippen molar-refractivity contribution in [3.8, 4) is 0 Å². The molecule has 0 N–H and O–H groups in total. The average Bonchev–Trinajstić information content (AvgIpc) is 3.10. The summed E-state index contributed by atoms with van der Waals surface area (Å²) in [5, 5.41) is 0.930. The van der Waals surface area contributed by atoms with Gasteiger partial charge < -0.3 is 14.1 Å². The van der Waals surface area contributed by atoms with E-state index < -0.39 is 5.97 Å². The molecule has 1 aromatic heterocycles. The van der Waals surface area contributed by atoms with Gasteiger partial charge in [0.2, 0.25) is 0 Å². The molecule has 0 radical (unpaired) electrons. The van der Waals surface area contributed by atoms with Crippen molar-refractivity contribution < 1.29 is 18.7 Å². The summed E-state index contributed by atoms with van der Waals surface area (Å²) in [7, 11) is 0.